The van der Waals surface area contributed by atoms with Gasteiger partial charge in [0, 0.05) is 18.4 Å². The number of benzene rings is 1. The maximum Gasteiger partial charge on any atom is 0.387 e. The Hall–Kier alpha value is -2.37. The second kappa shape index (κ2) is 6.18. The molecule has 0 aliphatic rings. The highest BCUT2D eigenvalue weighted by molar-refractivity contribution is 5.55. The zero-order valence-corrected chi connectivity index (χ0v) is 11.0. The van der Waals surface area contributed by atoms with Crippen molar-refractivity contribution < 1.29 is 13.5 Å². The summed E-state index contributed by atoms with van der Waals surface area (Å²) in [6.45, 7) is 3.40. The van der Waals surface area contributed by atoms with Crippen LogP contribution in [-0.2, 0) is 6.54 Å². The summed E-state index contributed by atoms with van der Waals surface area (Å²) in [5.74, 6) is 0.793. The maximum atomic E-state index is 12.0. The molecular weight excluding hydrogens is 264 g/mol. The molecular formula is C14H15F2N3O. The highest BCUT2D eigenvalue weighted by atomic mass is 19.3. The Morgan fingerprint density at radius 3 is 2.70 bits per heavy atom. The molecule has 0 saturated carbocycles. The number of nitrogens with one attached hydrogen (secondary N) is 1. The van der Waals surface area contributed by atoms with E-state index >= 15 is 0 Å². The van der Waals surface area contributed by atoms with E-state index < -0.39 is 6.61 Å². The van der Waals surface area contributed by atoms with E-state index in [1.54, 1.807) is 18.2 Å². The average molecular weight is 279 g/mol. The summed E-state index contributed by atoms with van der Waals surface area (Å²) in [6, 6.07) is 6.25. The third-order valence-corrected chi connectivity index (χ3v) is 2.56. The van der Waals surface area contributed by atoms with E-state index in [0.29, 0.717) is 12.5 Å². The monoisotopic (exact) mass is 279 g/mol. The molecule has 1 heterocycles. The Labute approximate surface area is 115 Å². The van der Waals surface area contributed by atoms with Crippen LogP contribution in [0.3, 0.4) is 0 Å². The first-order valence-corrected chi connectivity index (χ1v) is 6.05. The molecule has 0 aliphatic carbocycles. The molecule has 0 unspecified atom stereocenters. The van der Waals surface area contributed by atoms with Crippen LogP contribution in [0.15, 0.2) is 43.1 Å². The fourth-order valence-corrected chi connectivity index (χ4v) is 1.77. The molecule has 1 N–H and O–H groups in total. The van der Waals surface area contributed by atoms with Crippen LogP contribution in [0.1, 0.15) is 5.69 Å². The van der Waals surface area contributed by atoms with Crippen molar-refractivity contribution in [3.05, 3.63) is 48.8 Å². The van der Waals surface area contributed by atoms with Gasteiger partial charge in [0.2, 0.25) is 5.95 Å². The van der Waals surface area contributed by atoms with Crippen molar-refractivity contribution in [2.75, 3.05) is 5.32 Å². The summed E-state index contributed by atoms with van der Waals surface area (Å²) < 4.78 is 30.3. The number of hydrogen-bond acceptors (Lipinski definition) is 3. The van der Waals surface area contributed by atoms with Gasteiger partial charge in [-0.2, -0.15) is 8.78 Å². The Morgan fingerprint density at radius 2 is 2.10 bits per heavy atom. The van der Waals surface area contributed by atoms with Crippen LogP contribution in [0.25, 0.3) is 0 Å². The lowest BCUT2D eigenvalue weighted by molar-refractivity contribution is -0.0498. The molecule has 4 nitrogen and oxygen atoms in total. The van der Waals surface area contributed by atoms with Gasteiger partial charge in [0.05, 0.1) is 5.69 Å². The SMILES string of the molecule is C=CCn1cc(C)nc1Nc1ccc(OC(F)F)cc1. The molecule has 1 aromatic carbocycles. The van der Waals surface area contributed by atoms with Crippen molar-refractivity contribution in [3.8, 4) is 5.75 Å². The van der Waals surface area contributed by atoms with Gasteiger partial charge >= 0.3 is 6.61 Å². The lowest BCUT2D eigenvalue weighted by Gasteiger charge is -2.09. The molecule has 0 radical (unpaired) electrons. The lowest BCUT2D eigenvalue weighted by Crippen LogP contribution is -2.03. The van der Waals surface area contributed by atoms with E-state index in [2.05, 4.69) is 21.6 Å². The second-order valence-electron chi connectivity index (χ2n) is 4.17. The highest BCUT2D eigenvalue weighted by Crippen LogP contribution is 2.21. The summed E-state index contributed by atoms with van der Waals surface area (Å²) in [4.78, 5) is 4.35. The Morgan fingerprint density at radius 1 is 1.40 bits per heavy atom. The van der Waals surface area contributed by atoms with Crippen LogP contribution in [0, 0.1) is 6.92 Å². The van der Waals surface area contributed by atoms with Crippen molar-refractivity contribution in [2.45, 2.75) is 20.1 Å². The number of halogens is 2. The predicted octanol–water partition coefficient (Wildman–Crippen LogP) is 3.72. The van der Waals surface area contributed by atoms with Gasteiger partial charge in [-0.15, -0.1) is 6.58 Å². The zero-order chi connectivity index (χ0) is 14.5. The molecule has 2 rings (SSSR count). The molecule has 106 valence electrons. The number of ether oxygens (including phenoxy) is 1. The van der Waals surface area contributed by atoms with Gasteiger partial charge in [0.15, 0.2) is 0 Å². The van der Waals surface area contributed by atoms with E-state index in [9.17, 15) is 8.78 Å². The third-order valence-electron chi connectivity index (χ3n) is 2.56. The van der Waals surface area contributed by atoms with Gasteiger partial charge < -0.3 is 14.6 Å². The summed E-state index contributed by atoms with van der Waals surface area (Å²) >= 11 is 0. The number of anilines is 2. The molecule has 0 amide bonds. The summed E-state index contributed by atoms with van der Waals surface area (Å²) in [5.41, 5.74) is 1.62. The summed E-state index contributed by atoms with van der Waals surface area (Å²) in [7, 11) is 0. The van der Waals surface area contributed by atoms with Gasteiger partial charge in [-0.3, -0.25) is 0 Å². The molecule has 0 fully saturated rings. The van der Waals surface area contributed by atoms with E-state index in [0.717, 1.165) is 11.4 Å². The molecule has 0 atom stereocenters. The standard InChI is InChI=1S/C14H15F2N3O/c1-3-8-19-9-10(2)17-14(19)18-11-4-6-12(7-5-11)20-13(15)16/h3-7,9,13H,1,8H2,2H3,(H,17,18). The van der Waals surface area contributed by atoms with Gasteiger partial charge in [0.25, 0.3) is 0 Å². The normalized spacial score (nSPS) is 10.6. The van der Waals surface area contributed by atoms with E-state index in [1.807, 2.05) is 17.7 Å². The molecule has 0 saturated heterocycles. The smallest absolute Gasteiger partial charge is 0.387 e. The van der Waals surface area contributed by atoms with Crippen molar-refractivity contribution in [3.63, 3.8) is 0 Å². The number of alkyl halides is 2. The average Bonchev–Trinajstić information content (AvgIpc) is 2.72. The first kappa shape index (κ1) is 14.0. The fraction of sp³-hybridized carbons (Fsp3) is 0.214. The van der Waals surface area contributed by atoms with Crippen LogP contribution < -0.4 is 10.1 Å². The first-order valence-electron chi connectivity index (χ1n) is 6.05. The van der Waals surface area contributed by atoms with Gasteiger partial charge in [0.1, 0.15) is 5.75 Å². The van der Waals surface area contributed by atoms with Crippen molar-refractivity contribution in [1.82, 2.24) is 9.55 Å². The van der Waals surface area contributed by atoms with E-state index in [4.69, 9.17) is 0 Å². The van der Waals surface area contributed by atoms with Gasteiger partial charge in [-0.25, -0.2) is 4.98 Å². The largest absolute Gasteiger partial charge is 0.435 e. The molecule has 20 heavy (non-hydrogen) atoms. The van der Waals surface area contributed by atoms with Crippen molar-refractivity contribution in [1.29, 1.82) is 0 Å². The lowest BCUT2D eigenvalue weighted by atomic mass is 10.3. The molecule has 2 aromatic rings. The Balaban J connectivity index is 2.11. The number of rotatable bonds is 6. The number of nitrogens with zero attached hydrogens (tertiary/aromatic N) is 2. The minimum absolute atomic E-state index is 0.121. The molecule has 0 bridgehead atoms. The number of hydrogen-bond donors (Lipinski definition) is 1. The third kappa shape index (κ3) is 3.57. The van der Waals surface area contributed by atoms with E-state index in [1.165, 1.54) is 12.1 Å². The molecule has 0 aliphatic heterocycles. The number of allylic oxidation sites excluding steroid dienone is 1. The summed E-state index contributed by atoms with van der Waals surface area (Å²) in [5, 5.41) is 3.12. The van der Waals surface area contributed by atoms with Gasteiger partial charge in [-0.05, 0) is 31.2 Å². The minimum Gasteiger partial charge on any atom is -0.435 e. The molecule has 0 spiro atoms. The zero-order valence-electron chi connectivity index (χ0n) is 11.0. The van der Waals surface area contributed by atoms with Crippen molar-refractivity contribution >= 4 is 11.6 Å². The Bertz CT molecular complexity index is 579. The van der Waals surface area contributed by atoms with Crippen molar-refractivity contribution in [2.24, 2.45) is 0 Å². The van der Waals surface area contributed by atoms with Crippen LogP contribution in [0.4, 0.5) is 20.4 Å². The van der Waals surface area contributed by atoms with Crippen LogP contribution in [0.2, 0.25) is 0 Å². The van der Waals surface area contributed by atoms with Crippen LogP contribution in [-0.4, -0.2) is 16.2 Å². The molecule has 6 heteroatoms. The molecule has 1 aromatic heterocycles. The number of aryl methyl sites for hydroxylation is 1. The maximum absolute atomic E-state index is 12.0. The van der Waals surface area contributed by atoms with E-state index in [-0.39, 0.29) is 5.75 Å². The topological polar surface area (TPSA) is 39.1 Å². The fourth-order valence-electron chi connectivity index (χ4n) is 1.77. The highest BCUT2D eigenvalue weighted by Gasteiger charge is 2.06. The van der Waals surface area contributed by atoms with Crippen LogP contribution >= 0.6 is 0 Å². The van der Waals surface area contributed by atoms with Crippen LogP contribution in [0.5, 0.6) is 5.75 Å². The number of aromatic nitrogens is 2. The minimum atomic E-state index is -2.82. The number of imidazole rings is 1. The Kier molecular flexibility index (Phi) is 4.34. The summed E-state index contributed by atoms with van der Waals surface area (Å²) in [6.07, 6.45) is 3.67. The predicted molar refractivity (Wildman–Crippen MR) is 73.5 cm³/mol. The van der Waals surface area contributed by atoms with Gasteiger partial charge in [-0.1, -0.05) is 6.08 Å². The second-order valence-corrected chi connectivity index (χ2v) is 4.17. The quantitative estimate of drug-likeness (QED) is 0.819. The first-order chi connectivity index (χ1) is 9.58.